The predicted molar refractivity (Wildman–Crippen MR) is 79.4 cm³/mol. The third kappa shape index (κ3) is 2.42. The average Bonchev–Trinajstić information content (AvgIpc) is 2.78. The number of nitrogens with zero attached hydrogens (tertiary/aromatic N) is 3. The van der Waals surface area contributed by atoms with E-state index in [0.717, 1.165) is 24.3 Å². The van der Waals surface area contributed by atoms with Crippen molar-refractivity contribution in [2.75, 3.05) is 17.6 Å². The van der Waals surface area contributed by atoms with E-state index in [0.29, 0.717) is 5.69 Å². The number of pyridine rings is 2. The van der Waals surface area contributed by atoms with Gasteiger partial charge in [0, 0.05) is 24.9 Å². The maximum atomic E-state index is 6.09. The topological polar surface area (TPSA) is 59.2 Å². The molecule has 20 heavy (non-hydrogen) atoms. The molecule has 0 atom stereocenters. The molecule has 0 amide bonds. The first kappa shape index (κ1) is 12.5. The Labute approximate surface area is 117 Å². The molecule has 0 saturated heterocycles. The number of aryl methyl sites for hydroxylation is 1. The van der Waals surface area contributed by atoms with Gasteiger partial charge in [-0.1, -0.05) is 6.07 Å². The van der Waals surface area contributed by atoms with Gasteiger partial charge >= 0.3 is 0 Å². The van der Waals surface area contributed by atoms with Gasteiger partial charge < -0.3 is 11.1 Å². The van der Waals surface area contributed by atoms with E-state index in [2.05, 4.69) is 34.9 Å². The van der Waals surface area contributed by atoms with Gasteiger partial charge in [0.05, 0.1) is 5.52 Å². The number of hydrogen-bond acceptors (Lipinski definition) is 3. The van der Waals surface area contributed by atoms with Crippen LogP contribution in [-0.4, -0.2) is 16.2 Å². The molecular weight excluding hydrogens is 250 g/mol. The van der Waals surface area contributed by atoms with E-state index in [4.69, 9.17) is 5.73 Å². The lowest BCUT2D eigenvalue weighted by atomic mass is 10.2. The zero-order valence-electron chi connectivity index (χ0n) is 11.5. The van der Waals surface area contributed by atoms with E-state index in [1.165, 1.54) is 5.56 Å². The van der Waals surface area contributed by atoms with Crippen LogP contribution in [0.15, 0.2) is 48.9 Å². The van der Waals surface area contributed by atoms with E-state index in [-0.39, 0.29) is 0 Å². The summed E-state index contributed by atoms with van der Waals surface area (Å²) in [7, 11) is 2.01. The smallest absolute Gasteiger partial charge is 0.172 e. The lowest BCUT2D eigenvalue weighted by Gasteiger charge is -2.03. The average molecular weight is 268 g/mol. The van der Waals surface area contributed by atoms with Crippen LogP contribution in [0.25, 0.3) is 5.52 Å². The second-order valence-electron chi connectivity index (χ2n) is 4.84. The Morgan fingerprint density at radius 2 is 2.05 bits per heavy atom. The first-order chi connectivity index (χ1) is 9.74. The Kier molecular flexibility index (Phi) is 3.25. The molecule has 0 aliphatic carbocycles. The Hall–Kier alpha value is -2.56. The van der Waals surface area contributed by atoms with Crippen LogP contribution in [0, 0.1) is 0 Å². The summed E-state index contributed by atoms with van der Waals surface area (Å²) < 4.78 is 3.82. The third-order valence-electron chi connectivity index (χ3n) is 3.33. The standard InChI is InChI=1S/C15H18N5/c1-19-10-6-12(7-11-19)5-8-17-15-14(16)13-4-2-3-9-20(13)18-15/h2-4,6-7,9-11H,5,8,16H2,1H3,(H,17,18)/q+1. The van der Waals surface area contributed by atoms with Crippen LogP contribution in [0.1, 0.15) is 5.56 Å². The van der Waals surface area contributed by atoms with E-state index in [1.54, 1.807) is 4.52 Å². The highest BCUT2D eigenvalue weighted by atomic mass is 15.3. The van der Waals surface area contributed by atoms with Crippen molar-refractivity contribution in [2.24, 2.45) is 7.05 Å². The van der Waals surface area contributed by atoms with E-state index in [1.807, 2.05) is 36.0 Å². The van der Waals surface area contributed by atoms with Gasteiger partial charge in [0.2, 0.25) is 0 Å². The number of rotatable bonds is 4. The summed E-state index contributed by atoms with van der Waals surface area (Å²) in [5.74, 6) is 0.748. The first-order valence-electron chi connectivity index (χ1n) is 6.65. The van der Waals surface area contributed by atoms with Crippen LogP contribution >= 0.6 is 0 Å². The van der Waals surface area contributed by atoms with Crippen LogP contribution in [-0.2, 0) is 13.5 Å². The number of nitrogens with one attached hydrogen (secondary N) is 1. The quantitative estimate of drug-likeness (QED) is 0.703. The molecule has 0 saturated carbocycles. The van der Waals surface area contributed by atoms with E-state index < -0.39 is 0 Å². The maximum absolute atomic E-state index is 6.09. The number of nitrogen functional groups attached to an aromatic ring is 1. The molecule has 102 valence electrons. The lowest BCUT2D eigenvalue weighted by molar-refractivity contribution is -0.671. The second kappa shape index (κ2) is 5.21. The van der Waals surface area contributed by atoms with Crippen LogP contribution in [0.2, 0.25) is 0 Å². The van der Waals surface area contributed by atoms with Crippen molar-refractivity contribution >= 4 is 17.0 Å². The molecule has 3 aromatic heterocycles. The molecule has 0 radical (unpaired) electrons. The zero-order valence-corrected chi connectivity index (χ0v) is 11.5. The van der Waals surface area contributed by atoms with Gasteiger partial charge in [-0.15, -0.1) is 5.10 Å². The Morgan fingerprint density at radius 1 is 1.25 bits per heavy atom. The summed E-state index contributed by atoms with van der Waals surface area (Å²) in [6, 6.07) is 10.1. The Morgan fingerprint density at radius 3 is 2.80 bits per heavy atom. The maximum Gasteiger partial charge on any atom is 0.172 e. The van der Waals surface area contributed by atoms with Crippen molar-refractivity contribution in [3.8, 4) is 0 Å². The lowest BCUT2D eigenvalue weighted by Crippen LogP contribution is -2.26. The van der Waals surface area contributed by atoms with Gasteiger partial charge in [0.15, 0.2) is 18.2 Å². The molecule has 5 nitrogen and oxygen atoms in total. The second-order valence-corrected chi connectivity index (χ2v) is 4.84. The summed E-state index contributed by atoms with van der Waals surface area (Å²) in [5.41, 5.74) is 9.01. The molecule has 0 bridgehead atoms. The summed E-state index contributed by atoms with van der Waals surface area (Å²) in [6.07, 6.45) is 6.94. The summed E-state index contributed by atoms with van der Waals surface area (Å²) in [4.78, 5) is 0. The summed E-state index contributed by atoms with van der Waals surface area (Å²) in [6.45, 7) is 0.807. The minimum Gasteiger partial charge on any atom is -0.394 e. The van der Waals surface area contributed by atoms with Crippen molar-refractivity contribution in [2.45, 2.75) is 6.42 Å². The number of fused-ring (bicyclic) bond motifs is 1. The van der Waals surface area contributed by atoms with Gasteiger partial charge in [0.25, 0.3) is 0 Å². The van der Waals surface area contributed by atoms with Gasteiger partial charge in [-0.2, -0.15) is 0 Å². The number of aromatic nitrogens is 3. The highest BCUT2D eigenvalue weighted by molar-refractivity contribution is 5.80. The highest BCUT2D eigenvalue weighted by Gasteiger charge is 2.08. The van der Waals surface area contributed by atoms with Crippen molar-refractivity contribution in [3.05, 3.63) is 54.5 Å². The SMILES string of the molecule is C[n+]1ccc(CCNc2nn3ccccc3c2N)cc1. The zero-order chi connectivity index (χ0) is 13.9. The molecule has 5 heteroatoms. The molecule has 0 aliphatic heterocycles. The van der Waals surface area contributed by atoms with Crippen molar-refractivity contribution in [1.82, 2.24) is 9.61 Å². The first-order valence-corrected chi connectivity index (χ1v) is 6.65. The molecule has 3 N–H and O–H groups in total. The van der Waals surface area contributed by atoms with Crippen molar-refractivity contribution in [3.63, 3.8) is 0 Å². The van der Waals surface area contributed by atoms with Crippen molar-refractivity contribution in [1.29, 1.82) is 0 Å². The van der Waals surface area contributed by atoms with Crippen molar-refractivity contribution < 1.29 is 4.57 Å². The van der Waals surface area contributed by atoms with Crippen LogP contribution < -0.4 is 15.6 Å². The van der Waals surface area contributed by atoms with E-state index in [9.17, 15) is 0 Å². The number of anilines is 2. The molecule has 3 heterocycles. The molecule has 3 aromatic rings. The Bertz CT molecular complexity index is 715. The van der Waals surface area contributed by atoms with Gasteiger partial charge in [0.1, 0.15) is 12.7 Å². The van der Waals surface area contributed by atoms with Crippen LogP contribution in [0.4, 0.5) is 11.5 Å². The molecule has 0 fully saturated rings. The Balaban J connectivity index is 1.68. The fourth-order valence-electron chi connectivity index (χ4n) is 2.17. The normalized spacial score (nSPS) is 10.8. The number of hydrogen-bond donors (Lipinski definition) is 2. The van der Waals surface area contributed by atoms with Crippen LogP contribution in [0.3, 0.4) is 0 Å². The van der Waals surface area contributed by atoms with Gasteiger partial charge in [-0.3, -0.25) is 0 Å². The predicted octanol–water partition coefficient (Wildman–Crippen LogP) is 1.40. The molecule has 0 aliphatic rings. The number of nitrogens with two attached hydrogens (primary N) is 1. The summed E-state index contributed by atoms with van der Waals surface area (Å²) in [5, 5.41) is 7.74. The molecule has 0 unspecified atom stereocenters. The van der Waals surface area contributed by atoms with Crippen LogP contribution in [0.5, 0.6) is 0 Å². The highest BCUT2D eigenvalue weighted by Crippen LogP contribution is 2.22. The van der Waals surface area contributed by atoms with Gasteiger partial charge in [-0.05, 0) is 24.1 Å². The monoisotopic (exact) mass is 268 g/mol. The van der Waals surface area contributed by atoms with E-state index >= 15 is 0 Å². The largest absolute Gasteiger partial charge is 0.394 e. The van der Waals surface area contributed by atoms with Gasteiger partial charge in [-0.25, -0.2) is 9.08 Å². The molecular formula is C15H18N5+. The minimum absolute atomic E-state index is 0.699. The molecule has 3 rings (SSSR count). The molecule has 0 aromatic carbocycles. The summed E-state index contributed by atoms with van der Waals surface area (Å²) >= 11 is 0. The minimum atomic E-state index is 0.699. The third-order valence-corrected chi connectivity index (χ3v) is 3.33. The molecule has 0 spiro atoms. The fourth-order valence-corrected chi connectivity index (χ4v) is 2.17. The fraction of sp³-hybridized carbons (Fsp3) is 0.200.